The molecule has 86 valence electrons. The summed E-state index contributed by atoms with van der Waals surface area (Å²) in [6.07, 6.45) is 0. The first-order chi connectivity index (χ1) is 6.47. The standard InChI is InChI=1S/C6H4N3.CH3.BF4.U/c1-2-4-6-5(3-1)7-9-8-6;;2-1(3,4)5;/h1-4H;1H3;;/q3*-1;+2. The molecule has 0 spiro atoms. The summed E-state index contributed by atoms with van der Waals surface area (Å²) in [5.41, 5.74) is 1.72. The van der Waals surface area contributed by atoms with Crippen molar-refractivity contribution >= 4 is 18.3 Å². The Labute approximate surface area is 113 Å². The maximum absolute atomic E-state index is 9.75. The van der Waals surface area contributed by atoms with Gasteiger partial charge in [-0.1, -0.05) is 24.3 Å². The molecule has 0 aliphatic carbocycles. The molecule has 1 aromatic heterocycles. The predicted molar refractivity (Wildman–Crippen MR) is 49.5 cm³/mol. The molecule has 1 heterocycles. The first-order valence-corrected chi connectivity index (χ1v) is 3.55. The number of fused-ring (bicyclic) bond motifs is 1. The number of halogens is 4. The molecule has 0 aliphatic rings. The average molecular weight is 458 g/mol. The third kappa shape index (κ3) is 7.71. The van der Waals surface area contributed by atoms with Gasteiger partial charge in [-0.2, -0.15) is 0 Å². The smallest absolute Gasteiger partial charge is 0.418 e. The van der Waals surface area contributed by atoms with Crippen LogP contribution in [0.25, 0.3) is 11.0 Å². The Bertz CT molecular complexity index is 369. The van der Waals surface area contributed by atoms with Crippen LogP contribution in [0, 0.1) is 38.5 Å². The second kappa shape index (κ2) is 7.69. The molecular weight excluding hydrogens is 451 g/mol. The summed E-state index contributed by atoms with van der Waals surface area (Å²) in [7, 11) is -6.00. The van der Waals surface area contributed by atoms with Gasteiger partial charge < -0.3 is 34.9 Å². The van der Waals surface area contributed by atoms with Crippen molar-refractivity contribution in [2.45, 2.75) is 0 Å². The Kier molecular flexibility index (Phi) is 8.57. The summed E-state index contributed by atoms with van der Waals surface area (Å²) >= 11 is 0. The number of benzene rings is 1. The molecular formula is C7H7BF4N3U-. The van der Waals surface area contributed by atoms with Crippen molar-refractivity contribution in [3.8, 4) is 0 Å². The molecule has 0 saturated carbocycles. The summed E-state index contributed by atoms with van der Waals surface area (Å²) in [6, 6.07) is 7.60. The second-order valence-corrected chi connectivity index (χ2v) is 2.27. The van der Waals surface area contributed by atoms with E-state index in [9.17, 15) is 17.3 Å². The van der Waals surface area contributed by atoms with Crippen molar-refractivity contribution in [2.24, 2.45) is 0 Å². The minimum atomic E-state index is -6.00. The molecule has 3 nitrogen and oxygen atoms in total. The van der Waals surface area contributed by atoms with Gasteiger partial charge in [0.2, 0.25) is 0 Å². The zero-order valence-corrected chi connectivity index (χ0v) is 12.4. The zero-order valence-electron chi connectivity index (χ0n) is 8.24. The van der Waals surface area contributed by atoms with Gasteiger partial charge in [0.05, 0.1) is 0 Å². The molecule has 0 N–H and O–H groups in total. The van der Waals surface area contributed by atoms with Crippen LogP contribution in [0.2, 0.25) is 0 Å². The summed E-state index contributed by atoms with van der Waals surface area (Å²) in [6.45, 7) is 0. The summed E-state index contributed by atoms with van der Waals surface area (Å²) in [4.78, 5) is 0. The Morgan fingerprint density at radius 2 is 1.56 bits per heavy atom. The fraction of sp³-hybridized carbons (Fsp3) is 0. The van der Waals surface area contributed by atoms with Gasteiger partial charge in [-0.25, -0.2) is 0 Å². The Hall–Kier alpha value is -0.543. The second-order valence-electron chi connectivity index (χ2n) is 2.27. The molecule has 2 rings (SSSR count). The molecule has 0 unspecified atom stereocenters. The minimum absolute atomic E-state index is 0. The van der Waals surface area contributed by atoms with Crippen LogP contribution in [-0.2, 0) is 0 Å². The van der Waals surface area contributed by atoms with Gasteiger partial charge >= 0.3 is 38.4 Å². The number of rotatable bonds is 0. The fourth-order valence-electron chi connectivity index (χ4n) is 0.752. The summed E-state index contributed by atoms with van der Waals surface area (Å²) < 4.78 is 39.0. The molecule has 0 saturated heterocycles. The fourth-order valence-corrected chi connectivity index (χ4v) is 0.752. The Morgan fingerprint density at radius 3 is 2.06 bits per heavy atom. The van der Waals surface area contributed by atoms with E-state index >= 15 is 0 Å². The van der Waals surface area contributed by atoms with Crippen LogP contribution < -0.4 is 5.10 Å². The van der Waals surface area contributed by atoms with E-state index in [2.05, 4.69) is 15.4 Å². The predicted octanol–water partition coefficient (Wildman–Crippen LogP) is 2.34. The van der Waals surface area contributed by atoms with E-state index < -0.39 is 7.25 Å². The molecule has 0 bridgehead atoms. The minimum Gasteiger partial charge on any atom is -0.418 e. The van der Waals surface area contributed by atoms with Crippen LogP contribution in [0.5, 0.6) is 0 Å². The molecule has 0 radical (unpaired) electrons. The summed E-state index contributed by atoms with van der Waals surface area (Å²) in [5.74, 6) is 0. The van der Waals surface area contributed by atoms with Crippen molar-refractivity contribution in [3.63, 3.8) is 0 Å². The van der Waals surface area contributed by atoms with Crippen LogP contribution in [0.15, 0.2) is 24.3 Å². The van der Waals surface area contributed by atoms with Crippen molar-refractivity contribution in [3.05, 3.63) is 31.7 Å². The molecule has 0 fully saturated rings. The topological polar surface area (TPSA) is 39.9 Å². The van der Waals surface area contributed by atoms with E-state index in [0.717, 1.165) is 11.0 Å². The number of aromatic nitrogens is 3. The van der Waals surface area contributed by atoms with Gasteiger partial charge in [0.15, 0.2) is 0 Å². The maximum atomic E-state index is 9.75. The van der Waals surface area contributed by atoms with Crippen LogP contribution >= 0.6 is 0 Å². The van der Waals surface area contributed by atoms with Gasteiger partial charge in [0.25, 0.3) is 0 Å². The Morgan fingerprint density at radius 1 is 1.06 bits per heavy atom. The SMILES string of the molecule is F[B-](F)(F)F.[CH3-].[U+2].c1ccc2[n-]nnc2c1. The van der Waals surface area contributed by atoms with E-state index in [1.54, 1.807) is 0 Å². The van der Waals surface area contributed by atoms with Gasteiger partial charge in [0.1, 0.15) is 0 Å². The van der Waals surface area contributed by atoms with E-state index in [-0.39, 0.29) is 38.5 Å². The van der Waals surface area contributed by atoms with Crippen LogP contribution in [0.3, 0.4) is 0 Å². The van der Waals surface area contributed by atoms with Crippen molar-refractivity contribution in [1.29, 1.82) is 0 Å². The molecule has 16 heavy (non-hydrogen) atoms. The third-order valence-corrected chi connectivity index (χ3v) is 1.19. The molecule has 1 aromatic carbocycles. The van der Waals surface area contributed by atoms with Crippen molar-refractivity contribution in [2.75, 3.05) is 0 Å². The van der Waals surface area contributed by atoms with Gasteiger partial charge in [0, 0.05) is 0 Å². The molecule has 0 atom stereocenters. The zero-order chi connectivity index (χ0) is 10.6. The van der Waals surface area contributed by atoms with Crippen molar-refractivity contribution < 1.29 is 48.4 Å². The quantitative estimate of drug-likeness (QED) is 0.346. The summed E-state index contributed by atoms with van der Waals surface area (Å²) in [5, 5.41) is 11.0. The van der Waals surface area contributed by atoms with Gasteiger partial charge in [-0.05, 0) is 11.0 Å². The average Bonchev–Trinajstić information content (AvgIpc) is 2.47. The largest absolute Gasteiger partial charge is 2.00 e. The monoisotopic (exact) mass is 458 g/mol. The van der Waals surface area contributed by atoms with E-state index in [0.29, 0.717) is 0 Å². The van der Waals surface area contributed by atoms with E-state index in [4.69, 9.17) is 0 Å². The van der Waals surface area contributed by atoms with E-state index in [1.165, 1.54) is 0 Å². The van der Waals surface area contributed by atoms with Crippen LogP contribution in [0.4, 0.5) is 17.3 Å². The molecule has 9 heteroatoms. The third-order valence-electron chi connectivity index (χ3n) is 1.19. The van der Waals surface area contributed by atoms with Crippen LogP contribution in [-0.4, -0.2) is 17.6 Å². The number of nitrogens with zero attached hydrogens (tertiary/aromatic N) is 3. The van der Waals surface area contributed by atoms with Gasteiger partial charge in [-0.15, -0.1) is 0 Å². The van der Waals surface area contributed by atoms with Gasteiger partial charge in [-0.3, -0.25) is 5.21 Å². The first-order valence-electron chi connectivity index (χ1n) is 3.55. The normalized spacial score (nSPS) is 9.50. The molecule has 0 amide bonds. The Balaban J connectivity index is 0. The van der Waals surface area contributed by atoms with Crippen LogP contribution in [0.1, 0.15) is 0 Å². The number of hydrogen-bond donors (Lipinski definition) is 0. The molecule has 2 aromatic rings. The first kappa shape index (κ1) is 17.8. The number of hydrogen-bond acceptors (Lipinski definition) is 2. The molecule has 0 aliphatic heterocycles. The maximum Gasteiger partial charge on any atom is 2.00 e. The van der Waals surface area contributed by atoms with Crippen molar-refractivity contribution in [1.82, 2.24) is 15.4 Å². The van der Waals surface area contributed by atoms with E-state index in [1.807, 2.05) is 24.3 Å².